The minimum absolute atomic E-state index is 0.117. The van der Waals surface area contributed by atoms with E-state index in [2.05, 4.69) is 15.3 Å². The van der Waals surface area contributed by atoms with Crippen molar-refractivity contribution in [3.8, 4) is 0 Å². The molecule has 1 heterocycles. The van der Waals surface area contributed by atoms with Crippen LogP contribution in [0.1, 0.15) is 16.7 Å². The molecule has 1 atom stereocenters. The van der Waals surface area contributed by atoms with Crippen molar-refractivity contribution in [2.45, 2.75) is 26.4 Å². The normalized spacial score (nSPS) is 16.8. The minimum atomic E-state index is -1.55. The van der Waals surface area contributed by atoms with E-state index < -0.39 is 29.3 Å². The number of anilines is 1. The summed E-state index contributed by atoms with van der Waals surface area (Å²) < 4.78 is 54.9. The van der Waals surface area contributed by atoms with Gasteiger partial charge in [0.05, 0.1) is 6.54 Å². The van der Waals surface area contributed by atoms with Gasteiger partial charge in [-0.1, -0.05) is 12.1 Å². The second-order valence-corrected chi connectivity index (χ2v) is 6.76. The minimum Gasteiger partial charge on any atom is -0.326 e. The molecule has 1 aliphatic heterocycles. The molecule has 4 nitrogen and oxygen atoms in total. The number of halogens is 4. The van der Waals surface area contributed by atoms with Gasteiger partial charge in [-0.15, -0.1) is 0 Å². The molecular formula is C21H20F4N4. The second kappa shape index (κ2) is 8.46. The highest BCUT2D eigenvalue weighted by atomic mass is 19.2. The summed E-state index contributed by atoms with van der Waals surface area (Å²) in [5, 5.41) is 3.15. The first-order chi connectivity index (χ1) is 13.8. The zero-order valence-corrected chi connectivity index (χ0v) is 16.2. The average Bonchev–Trinajstić information content (AvgIpc) is 2.66. The summed E-state index contributed by atoms with van der Waals surface area (Å²) in [5.41, 5.74) is 2.83. The molecule has 8 heteroatoms. The van der Waals surface area contributed by atoms with Gasteiger partial charge in [0.25, 0.3) is 0 Å². The van der Waals surface area contributed by atoms with Crippen LogP contribution in [-0.4, -0.2) is 30.2 Å². The Hall–Kier alpha value is -3.16. The highest BCUT2D eigenvalue weighted by Gasteiger charge is 2.24. The Bertz CT molecular complexity index is 991. The lowest BCUT2D eigenvalue weighted by molar-refractivity contribution is 0.437. The van der Waals surface area contributed by atoms with Crippen molar-refractivity contribution in [1.29, 1.82) is 0 Å². The van der Waals surface area contributed by atoms with E-state index in [1.807, 2.05) is 32.0 Å². The molecule has 0 saturated carbocycles. The van der Waals surface area contributed by atoms with Crippen molar-refractivity contribution < 1.29 is 17.6 Å². The van der Waals surface area contributed by atoms with Crippen molar-refractivity contribution in [3.63, 3.8) is 0 Å². The van der Waals surface area contributed by atoms with Crippen LogP contribution >= 0.6 is 0 Å². The average molecular weight is 404 g/mol. The first-order valence-corrected chi connectivity index (χ1v) is 8.90. The number of benzene rings is 2. The lowest BCUT2D eigenvalue weighted by atomic mass is 10.1. The summed E-state index contributed by atoms with van der Waals surface area (Å²) >= 11 is 0. The fourth-order valence-electron chi connectivity index (χ4n) is 2.91. The van der Waals surface area contributed by atoms with Crippen LogP contribution in [0.2, 0.25) is 0 Å². The van der Waals surface area contributed by atoms with Crippen LogP contribution in [-0.2, 0) is 6.54 Å². The van der Waals surface area contributed by atoms with Gasteiger partial charge in [0.1, 0.15) is 11.9 Å². The maximum absolute atomic E-state index is 14.5. The number of hydrogen-bond acceptors (Lipinski definition) is 4. The van der Waals surface area contributed by atoms with Crippen molar-refractivity contribution >= 4 is 17.9 Å². The van der Waals surface area contributed by atoms with Crippen LogP contribution in [0.3, 0.4) is 0 Å². The SMILES string of the molecule is C/N=C/C1N=C(Nc2cc(C)ccc2C)N(Cc2cc(F)c(F)c(F)c2)C=C1F. The van der Waals surface area contributed by atoms with Gasteiger partial charge < -0.3 is 10.2 Å². The van der Waals surface area contributed by atoms with Gasteiger partial charge in [0, 0.05) is 25.1 Å². The molecule has 0 fully saturated rings. The number of nitrogens with zero attached hydrogens (tertiary/aromatic N) is 3. The first kappa shape index (κ1) is 20.6. The predicted octanol–water partition coefficient (Wildman–Crippen LogP) is 4.88. The maximum atomic E-state index is 14.5. The van der Waals surface area contributed by atoms with E-state index in [-0.39, 0.29) is 18.1 Å². The van der Waals surface area contributed by atoms with E-state index in [9.17, 15) is 17.6 Å². The lowest BCUT2D eigenvalue weighted by Crippen LogP contribution is -2.37. The number of hydrogen-bond donors (Lipinski definition) is 1. The zero-order chi connectivity index (χ0) is 21.1. The Kier molecular flexibility index (Phi) is 6.00. The highest BCUT2D eigenvalue weighted by Crippen LogP contribution is 2.23. The van der Waals surface area contributed by atoms with Crippen LogP contribution in [0.25, 0.3) is 0 Å². The number of rotatable bonds is 4. The lowest BCUT2D eigenvalue weighted by Gasteiger charge is -2.29. The van der Waals surface area contributed by atoms with Crippen molar-refractivity contribution in [1.82, 2.24) is 4.90 Å². The number of guanidine groups is 1. The third-order valence-electron chi connectivity index (χ3n) is 4.42. The number of aliphatic imine (C=N–C) groups is 2. The van der Waals surface area contributed by atoms with Gasteiger partial charge >= 0.3 is 0 Å². The summed E-state index contributed by atoms with van der Waals surface area (Å²) in [5.74, 6) is -4.46. The number of nitrogens with one attached hydrogen (secondary N) is 1. The van der Waals surface area contributed by atoms with Crippen LogP contribution in [0, 0.1) is 31.3 Å². The molecule has 152 valence electrons. The topological polar surface area (TPSA) is 40.0 Å². The van der Waals surface area contributed by atoms with Gasteiger partial charge in [-0.05, 0) is 48.7 Å². The Morgan fingerprint density at radius 1 is 1.10 bits per heavy atom. The summed E-state index contributed by atoms with van der Waals surface area (Å²) in [6.07, 6.45) is 2.54. The van der Waals surface area contributed by atoms with Crippen molar-refractivity contribution in [3.05, 3.63) is 76.5 Å². The van der Waals surface area contributed by atoms with Gasteiger partial charge in [-0.3, -0.25) is 4.99 Å². The van der Waals surface area contributed by atoms with Crippen molar-refractivity contribution in [2.24, 2.45) is 9.98 Å². The van der Waals surface area contributed by atoms with Gasteiger partial charge in [0.2, 0.25) is 5.96 Å². The molecular weight excluding hydrogens is 384 g/mol. The molecule has 0 bridgehead atoms. The maximum Gasteiger partial charge on any atom is 0.204 e. The smallest absolute Gasteiger partial charge is 0.204 e. The fourth-order valence-corrected chi connectivity index (χ4v) is 2.91. The summed E-state index contributed by atoms with van der Waals surface area (Å²) in [6, 6.07) is 6.63. The fraction of sp³-hybridized carbons (Fsp3) is 0.238. The van der Waals surface area contributed by atoms with E-state index in [1.165, 1.54) is 24.4 Å². The molecule has 29 heavy (non-hydrogen) atoms. The Morgan fingerprint density at radius 2 is 1.79 bits per heavy atom. The molecule has 3 rings (SSSR count). The molecule has 2 aromatic rings. The van der Waals surface area contributed by atoms with Crippen LogP contribution in [0.15, 0.2) is 52.3 Å². The monoisotopic (exact) mass is 404 g/mol. The molecule has 0 saturated heterocycles. The molecule has 0 radical (unpaired) electrons. The second-order valence-electron chi connectivity index (χ2n) is 6.76. The third-order valence-corrected chi connectivity index (χ3v) is 4.42. The van der Waals surface area contributed by atoms with E-state index in [0.29, 0.717) is 0 Å². The van der Waals surface area contributed by atoms with E-state index in [1.54, 1.807) is 0 Å². The zero-order valence-electron chi connectivity index (χ0n) is 16.2. The Balaban J connectivity index is 1.96. The van der Waals surface area contributed by atoms with Gasteiger partial charge in [0.15, 0.2) is 17.5 Å². The van der Waals surface area contributed by atoms with Crippen LogP contribution in [0.5, 0.6) is 0 Å². The molecule has 0 spiro atoms. The number of aryl methyl sites for hydroxylation is 2. The molecule has 0 aliphatic carbocycles. The molecule has 1 N–H and O–H groups in total. The van der Waals surface area contributed by atoms with Gasteiger partial charge in [-0.2, -0.15) is 0 Å². The molecule has 1 unspecified atom stereocenters. The standard InChI is InChI=1S/C21H20F4N4/c1-12-4-5-13(2)18(6-12)27-21-28-19(9-26-3)17(24)11-29(21)10-14-7-15(22)20(25)16(23)8-14/h4-9,11,19H,10H2,1-3H3,(H,27,28)/b26-9+. The molecule has 0 aromatic heterocycles. The van der Waals surface area contributed by atoms with E-state index in [0.717, 1.165) is 28.9 Å². The molecule has 1 aliphatic rings. The highest BCUT2D eigenvalue weighted by molar-refractivity contribution is 5.97. The summed E-state index contributed by atoms with van der Waals surface area (Å²) in [6.45, 7) is 3.72. The summed E-state index contributed by atoms with van der Waals surface area (Å²) in [7, 11) is 1.51. The van der Waals surface area contributed by atoms with Gasteiger partial charge in [-0.25, -0.2) is 22.6 Å². The van der Waals surface area contributed by atoms with E-state index >= 15 is 0 Å². The first-order valence-electron chi connectivity index (χ1n) is 8.90. The van der Waals surface area contributed by atoms with Crippen LogP contribution < -0.4 is 5.32 Å². The third kappa shape index (κ3) is 4.64. The Labute approximate surface area is 166 Å². The van der Waals surface area contributed by atoms with Crippen molar-refractivity contribution in [2.75, 3.05) is 12.4 Å². The van der Waals surface area contributed by atoms with E-state index in [4.69, 9.17) is 0 Å². The van der Waals surface area contributed by atoms with Crippen LogP contribution in [0.4, 0.5) is 23.2 Å². The predicted molar refractivity (Wildman–Crippen MR) is 106 cm³/mol. The largest absolute Gasteiger partial charge is 0.326 e. The summed E-state index contributed by atoms with van der Waals surface area (Å²) in [4.78, 5) is 9.54. The quantitative estimate of drug-likeness (QED) is 0.448. The molecule has 0 amide bonds. The Morgan fingerprint density at radius 3 is 2.45 bits per heavy atom. The molecule has 2 aromatic carbocycles.